The Balaban J connectivity index is 1.44. The fraction of sp³-hybridized carbons (Fsp3) is 0.357. The van der Waals surface area contributed by atoms with E-state index in [0.29, 0.717) is 18.0 Å². The lowest BCUT2D eigenvalue weighted by atomic mass is 9.74. The molecule has 2 aliphatic rings. The fourth-order valence-corrected chi connectivity index (χ4v) is 7.36. The van der Waals surface area contributed by atoms with Gasteiger partial charge in [-0.05, 0) is 54.6 Å². The molecule has 2 heterocycles. The smallest absolute Gasteiger partial charge is 0.243 e. The third-order valence-electron chi connectivity index (χ3n) is 7.45. The van der Waals surface area contributed by atoms with Crippen molar-refractivity contribution in [1.82, 2.24) is 9.21 Å². The summed E-state index contributed by atoms with van der Waals surface area (Å²) in [6.07, 6.45) is 1.75. The number of hydrogen-bond acceptors (Lipinski definition) is 4. The van der Waals surface area contributed by atoms with E-state index >= 15 is 0 Å². The van der Waals surface area contributed by atoms with Crippen molar-refractivity contribution < 1.29 is 13.5 Å². The maximum Gasteiger partial charge on any atom is 0.243 e. The van der Waals surface area contributed by atoms with Gasteiger partial charge in [0.25, 0.3) is 0 Å². The minimum absolute atomic E-state index is 0.0219. The van der Waals surface area contributed by atoms with Crippen molar-refractivity contribution >= 4 is 10.0 Å². The molecule has 0 bridgehead atoms. The molecule has 0 amide bonds. The molecule has 6 heteroatoms. The summed E-state index contributed by atoms with van der Waals surface area (Å²) in [5.74, 6) is 0.0995. The first kappa shape index (κ1) is 23.2. The Kier molecular flexibility index (Phi) is 6.58. The SMILES string of the molecule is Cc1ccccc1S(=O)(=O)N1CCCCN2[C@H](CO)[C@@H](c3ccc(-c4ccccc4)cc3)[C@H]2C1. The van der Waals surface area contributed by atoms with E-state index in [0.717, 1.165) is 36.1 Å². The standard InChI is InChI=1S/C28H32N2O3S/c1-21-9-5-6-12-27(21)34(32,33)29-17-7-8-18-30-25(19-29)28(26(30)20-31)24-15-13-23(14-16-24)22-10-3-2-4-11-22/h2-6,9-16,25-26,28,31H,7-8,17-20H2,1H3/t25-,26-,28+/m1/s1. The number of nitrogens with zero attached hydrogens (tertiary/aromatic N) is 2. The summed E-state index contributed by atoms with van der Waals surface area (Å²) in [5, 5.41) is 10.2. The van der Waals surface area contributed by atoms with Gasteiger partial charge in [-0.2, -0.15) is 4.31 Å². The minimum Gasteiger partial charge on any atom is -0.395 e. The number of hydrogen-bond donors (Lipinski definition) is 1. The number of fused-ring (bicyclic) bond motifs is 1. The second-order valence-electron chi connectivity index (χ2n) is 9.40. The summed E-state index contributed by atoms with van der Waals surface area (Å²) >= 11 is 0. The molecule has 3 atom stereocenters. The van der Waals surface area contributed by atoms with Crippen molar-refractivity contribution in [3.05, 3.63) is 90.0 Å². The van der Waals surface area contributed by atoms with Gasteiger partial charge in [0.2, 0.25) is 10.0 Å². The predicted octanol–water partition coefficient (Wildman–Crippen LogP) is 4.28. The highest BCUT2D eigenvalue weighted by Gasteiger charge is 2.50. The van der Waals surface area contributed by atoms with E-state index < -0.39 is 10.0 Å². The molecule has 1 N–H and O–H groups in total. The van der Waals surface area contributed by atoms with Crippen LogP contribution in [-0.2, 0) is 10.0 Å². The largest absolute Gasteiger partial charge is 0.395 e. The van der Waals surface area contributed by atoms with Crippen LogP contribution in [0, 0.1) is 6.92 Å². The van der Waals surface area contributed by atoms with Gasteiger partial charge in [0, 0.05) is 31.1 Å². The lowest BCUT2D eigenvalue weighted by molar-refractivity contribution is -0.0553. The number of aliphatic hydroxyl groups excluding tert-OH is 1. The van der Waals surface area contributed by atoms with Crippen LogP contribution in [0.15, 0.2) is 83.8 Å². The first-order valence-electron chi connectivity index (χ1n) is 12.1. The Hall–Kier alpha value is -2.51. The number of aliphatic hydroxyl groups is 1. The van der Waals surface area contributed by atoms with Gasteiger partial charge >= 0.3 is 0 Å². The molecular weight excluding hydrogens is 444 g/mol. The van der Waals surface area contributed by atoms with Gasteiger partial charge in [-0.3, -0.25) is 4.90 Å². The zero-order valence-corrected chi connectivity index (χ0v) is 20.4. The highest BCUT2D eigenvalue weighted by Crippen LogP contribution is 2.43. The summed E-state index contributed by atoms with van der Waals surface area (Å²) in [6, 6.07) is 26.1. The van der Waals surface area contributed by atoms with Crippen LogP contribution < -0.4 is 0 Å². The maximum absolute atomic E-state index is 13.6. The Bertz CT molecular complexity index is 1230. The van der Waals surface area contributed by atoms with Gasteiger partial charge in [0.15, 0.2) is 0 Å². The van der Waals surface area contributed by atoms with Crippen LogP contribution in [0.3, 0.4) is 0 Å². The molecular formula is C28H32N2O3S. The topological polar surface area (TPSA) is 60.9 Å². The Morgan fingerprint density at radius 3 is 2.21 bits per heavy atom. The fourth-order valence-electron chi connectivity index (χ4n) is 5.64. The van der Waals surface area contributed by atoms with Crippen LogP contribution in [-0.4, -0.2) is 61.1 Å². The van der Waals surface area contributed by atoms with Gasteiger partial charge in [-0.25, -0.2) is 8.42 Å². The van der Waals surface area contributed by atoms with Gasteiger partial charge in [-0.1, -0.05) is 72.8 Å². The van der Waals surface area contributed by atoms with Crippen molar-refractivity contribution in [2.24, 2.45) is 0 Å². The quantitative estimate of drug-likeness (QED) is 0.597. The minimum atomic E-state index is -3.58. The molecule has 3 aromatic carbocycles. The Morgan fingerprint density at radius 2 is 1.50 bits per heavy atom. The van der Waals surface area contributed by atoms with Crippen LogP contribution in [0.2, 0.25) is 0 Å². The summed E-state index contributed by atoms with van der Waals surface area (Å²) in [6.45, 7) is 3.80. The number of aryl methyl sites for hydroxylation is 1. The van der Waals surface area contributed by atoms with E-state index in [-0.39, 0.29) is 24.6 Å². The molecule has 34 heavy (non-hydrogen) atoms. The third kappa shape index (κ3) is 4.20. The first-order valence-corrected chi connectivity index (χ1v) is 13.5. The number of benzene rings is 3. The lowest BCUT2D eigenvalue weighted by Gasteiger charge is -2.57. The second-order valence-corrected chi connectivity index (χ2v) is 11.3. The molecule has 5 nitrogen and oxygen atoms in total. The molecule has 5 rings (SSSR count). The normalized spacial score (nSPS) is 24.0. The van der Waals surface area contributed by atoms with E-state index in [4.69, 9.17) is 0 Å². The van der Waals surface area contributed by atoms with E-state index in [1.54, 1.807) is 16.4 Å². The predicted molar refractivity (Wildman–Crippen MR) is 135 cm³/mol. The molecule has 3 aromatic rings. The maximum atomic E-state index is 13.6. The molecule has 0 unspecified atom stereocenters. The van der Waals surface area contributed by atoms with Gasteiger partial charge in [-0.15, -0.1) is 0 Å². The van der Waals surface area contributed by atoms with E-state index in [1.807, 2.05) is 37.3 Å². The number of rotatable bonds is 5. The average molecular weight is 477 g/mol. The van der Waals surface area contributed by atoms with Gasteiger partial charge in [0.1, 0.15) is 0 Å². The van der Waals surface area contributed by atoms with E-state index in [1.165, 1.54) is 5.56 Å². The van der Waals surface area contributed by atoms with Gasteiger partial charge in [0.05, 0.1) is 11.5 Å². The van der Waals surface area contributed by atoms with Crippen molar-refractivity contribution in [1.29, 1.82) is 0 Å². The molecule has 178 valence electrons. The van der Waals surface area contributed by atoms with Crippen LogP contribution in [0.4, 0.5) is 0 Å². The highest BCUT2D eigenvalue weighted by atomic mass is 32.2. The molecule has 0 aliphatic carbocycles. The summed E-state index contributed by atoms with van der Waals surface area (Å²) in [5.41, 5.74) is 4.26. The Labute approximate surface area is 202 Å². The summed E-state index contributed by atoms with van der Waals surface area (Å²) in [7, 11) is -3.58. The molecule has 2 aliphatic heterocycles. The average Bonchev–Trinajstić information content (AvgIpc) is 2.84. The van der Waals surface area contributed by atoms with E-state index in [9.17, 15) is 13.5 Å². The third-order valence-corrected chi connectivity index (χ3v) is 9.47. The van der Waals surface area contributed by atoms with Crippen LogP contribution >= 0.6 is 0 Å². The van der Waals surface area contributed by atoms with Crippen molar-refractivity contribution in [2.75, 3.05) is 26.2 Å². The monoisotopic (exact) mass is 476 g/mol. The summed E-state index contributed by atoms with van der Waals surface area (Å²) < 4.78 is 28.9. The molecule has 0 saturated carbocycles. The lowest BCUT2D eigenvalue weighted by Crippen LogP contribution is -2.67. The molecule has 2 fully saturated rings. The van der Waals surface area contributed by atoms with Crippen LogP contribution in [0.1, 0.15) is 29.9 Å². The van der Waals surface area contributed by atoms with Crippen LogP contribution in [0.5, 0.6) is 0 Å². The second kappa shape index (κ2) is 9.62. The number of sulfonamides is 1. The molecule has 2 saturated heterocycles. The van der Waals surface area contributed by atoms with Gasteiger partial charge < -0.3 is 5.11 Å². The zero-order chi connectivity index (χ0) is 23.7. The first-order chi connectivity index (χ1) is 16.5. The zero-order valence-electron chi connectivity index (χ0n) is 19.5. The molecule has 0 radical (unpaired) electrons. The highest BCUT2D eigenvalue weighted by molar-refractivity contribution is 7.89. The summed E-state index contributed by atoms with van der Waals surface area (Å²) in [4.78, 5) is 2.71. The van der Waals surface area contributed by atoms with E-state index in [2.05, 4.69) is 41.3 Å². The Morgan fingerprint density at radius 1 is 0.853 bits per heavy atom. The molecule has 0 aromatic heterocycles. The van der Waals surface area contributed by atoms with Crippen LogP contribution in [0.25, 0.3) is 11.1 Å². The van der Waals surface area contributed by atoms with Crippen molar-refractivity contribution in [2.45, 2.75) is 42.7 Å². The van der Waals surface area contributed by atoms with Crippen molar-refractivity contribution in [3.63, 3.8) is 0 Å². The molecule has 0 spiro atoms. The van der Waals surface area contributed by atoms with Crippen molar-refractivity contribution in [3.8, 4) is 11.1 Å².